The Bertz CT molecular complexity index is 809. The van der Waals surface area contributed by atoms with Crippen LogP contribution in [-0.2, 0) is 4.79 Å². The van der Waals surface area contributed by atoms with Crippen molar-refractivity contribution in [1.29, 1.82) is 0 Å². The van der Waals surface area contributed by atoms with Crippen LogP contribution in [0.2, 0.25) is 10.0 Å². The first-order valence-corrected chi connectivity index (χ1v) is 7.95. The van der Waals surface area contributed by atoms with Crippen LogP contribution >= 0.6 is 23.2 Å². The molecular weight excluding hydrogens is 365 g/mol. The van der Waals surface area contributed by atoms with Gasteiger partial charge in [0, 0.05) is 10.6 Å². The highest BCUT2D eigenvalue weighted by molar-refractivity contribution is 6.35. The molecule has 0 heterocycles. The Balaban J connectivity index is 1.87. The fraction of sp³-hybridized carbons (Fsp3) is 0.118. The summed E-state index contributed by atoms with van der Waals surface area (Å²) >= 11 is 11.8. The lowest BCUT2D eigenvalue weighted by Crippen LogP contribution is -2.35. The first-order valence-electron chi connectivity index (χ1n) is 7.19. The zero-order valence-corrected chi connectivity index (χ0v) is 14.8. The molecule has 25 heavy (non-hydrogen) atoms. The molecule has 0 aliphatic heterocycles. The Morgan fingerprint density at radius 2 is 1.96 bits per heavy atom. The average molecular weight is 380 g/mol. The average Bonchev–Trinajstić information content (AvgIpc) is 2.62. The van der Waals surface area contributed by atoms with E-state index in [0.29, 0.717) is 16.3 Å². The normalized spacial score (nSPS) is 10.5. The van der Waals surface area contributed by atoms with Crippen LogP contribution in [-0.4, -0.2) is 31.7 Å². The van der Waals surface area contributed by atoms with Gasteiger partial charge in [-0.25, -0.2) is 5.43 Å². The molecule has 0 aliphatic carbocycles. The van der Waals surface area contributed by atoms with Crippen molar-refractivity contribution in [3.05, 3.63) is 63.6 Å². The minimum atomic E-state index is -0.503. The van der Waals surface area contributed by atoms with Gasteiger partial charge in [0.15, 0.2) is 0 Å². The van der Waals surface area contributed by atoms with E-state index in [1.54, 1.807) is 25.3 Å². The largest absolute Gasteiger partial charge is 0.496 e. The fourth-order valence-corrected chi connectivity index (χ4v) is 2.29. The number of ether oxygens (including phenoxy) is 1. The number of hydrogen-bond acceptors (Lipinski definition) is 4. The number of amides is 2. The van der Waals surface area contributed by atoms with Crippen molar-refractivity contribution in [3.8, 4) is 5.75 Å². The SMILES string of the molecule is COc1ccccc1/C=N\NC(=O)CNC(=O)c1cc(Cl)ccc1Cl. The van der Waals surface area contributed by atoms with E-state index in [9.17, 15) is 9.59 Å². The van der Waals surface area contributed by atoms with E-state index in [2.05, 4.69) is 15.8 Å². The van der Waals surface area contributed by atoms with Crippen molar-refractivity contribution < 1.29 is 14.3 Å². The van der Waals surface area contributed by atoms with Gasteiger partial charge in [-0.1, -0.05) is 35.3 Å². The summed E-state index contributed by atoms with van der Waals surface area (Å²) in [5.74, 6) is -0.363. The third-order valence-corrected chi connectivity index (χ3v) is 3.68. The number of halogens is 2. The highest BCUT2D eigenvalue weighted by Crippen LogP contribution is 2.20. The summed E-state index contributed by atoms with van der Waals surface area (Å²) in [6.07, 6.45) is 1.45. The molecule has 0 radical (unpaired) electrons. The van der Waals surface area contributed by atoms with Crippen molar-refractivity contribution in [2.24, 2.45) is 5.10 Å². The molecule has 0 saturated carbocycles. The Kier molecular flexibility index (Phi) is 6.80. The van der Waals surface area contributed by atoms with Crippen LogP contribution in [0.4, 0.5) is 0 Å². The topological polar surface area (TPSA) is 79.8 Å². The molecule has 2 N–H and O–H groups in total. The van der Waals surface area contributed by atoms with Crippen LogP contribution in [0.3, 0.4) is 0 Å². The van der Waals surface area contributed by atoms with Gasteiger partial charge in [0.2, 0.25) is 0 Å². The van der Waals surface area contributed by atoms with E-state index < -0.39 is 11.8 Å². The standard InChI is InChI=1S/C17H15Cl2N3O3/c1-25-15-5-3-2-4-11(15)9-21-22-16(23)10-20-17(24)13-8-12(18)6-7-14(13)19/h2-9H,10H2,1H3,(H,20,24)(H,22,23)/b21-9-. The molecule has 2 aromatic rings. The van der Waals surface area contributed by atoms with E-state index in [0.717, 1.165) is 0 Å². The lowest BCUT2D eigenvalue weighted by Gasteiger charge is -2.06. The summed E-state index contributed by atoms with van der Waals surface area (Å²) in [4.78, 5) is 23.8. The summed E-state index contributed by atoms with van der Waals surface area (Å²) in [6, 6.07) is 11.7. The summed E-state index contributed by atoms with van der Waals surface area (Å²) in [5, 5.41) is 6.90. The van der Waals surface area contributed by atoms with Gasteiger partial charge >= 0.3 is 0 Å². The van der Waals surface area contributed by atoms with Gasteiger partial charge in [0.05, 0.1) is 30.5 Å². The Morgan fingerprint density at radius 1 is 1.20 bits per heavy atom. The van der Waals surface area contributed by atoms with Crippen LogP contribution in [0.1, 0.15) is 15.9 Å². The van der Waals surface area contributed by atoms with Gasteiger partial charge in [-0.3, -0.25) is 9.59 Å². The number of carbonyl (C=O) groups excluding carboxylic acids is 2. The number of hydrazone groups is 1. The van der Waals surface area contributed by atoms with E-state index >= 15 is 0 Å². The molecule has 2 aromatic carbocycles. The molecule has 0 atom stereocenters. The van der Waals surface area contributed by atoms with Crippen LogP contribution in [0.15, 0.2) is 47.6 Å². The lowest BCUT2D eigenvalue weighted by atomic mass is 10.2. The van der Waals surface area contributed by atoms with Crippen molar-refractivity contribution in [2.75, 3.05) is 13.7 Å². The maximum absolute atomic E-state index is 12.0. The van der Waals surface area contributed by atoms with E-state index in [1.165, 1.54) is 18.3 Å². The van der Waals surface area contributed by atoms with Gasteiger partial charge in [-0.2, -0.15) is 5.10 Å². The number of nitrogens with one attached hydrogen (secondary N) is 2. The molecule has 2 amide bonds. The monoisotopic (exact) mass is 379 g/mol. The molecule has 0 spiro atoms. The quantitative estimate of drug-likeness (QED) is 0.598. The van der Waals surface area contributed by atoms with Crippen molar-refractivity contribution in [2.45, 2.75) is 0 Å². The first kappa shape index (κ1) is 18.8. The number of benzene rings is 2. The van der Waals surface area contributed by atoms with Crippen molar-refractivity contribution >= 4 is 41.2 Å². The number of rotatable bonds is 6. The molecule has 0 fully saturated rings. The second-order valence-corrected chi connectivity index (χ2v) is 5.69. The molecule has 0 aromatic heterocycles. The van der Waals surface area contributed by atoms with E-state index in [4.69, 9.17) is 27.9 Å². The Labute approximate surface area is 154 Å². The molecule has 8 heteroatoms. The van der Waals surface area contributed by atoms with Crippen LogP contribution in [0.5, 0.6) is 5.75 Å². The molecule has 6 nitrogen and oxygen atoms in total. The van der Waals surface area contributed by atoms with Crippen LogP contribution in [0, 0.1) is 0 Å². The second-order valence-electron chi connectivity index (χ2n) is 4.84. The smallest absolute Gasteiger partial charge is 0.259 e. The second kappa shape index (κ2) is 9.05. The Hall–Kier alpha value is -2.57. The van der Waals surface area contributed by atoms with Gasteiger partial charge in [0.25, 0.3) is 11.8 Å². The predicted molar refractivity (Wildman–Crippen MR) is 97.5 cm³/mol. The summed E-state index contributed by atoms with van der Waals surface area (Å²) in [6.45, 7) is -0.259. The van der Waals surface area contributed by atoms with E-state index in [-0.39, 0.29) is 17.1 Å². The highest BCUT2D eigenvalue weighted by Gasteiger charge is 2.12. The molecule has 2 rings (SSSR count). The van der Waals surface area contributed by atoms with E-state index in [1.807, 2.05) is 12.1 Å². The molecular formula is C17H15Cl2N3O3. The fourth-order valence-electron chi connectivity index (χ4n) is 1.91. The van der Waals surface area contributed by atoms with Gasteiger partial charge in [-0.05, 0) is 30.3 Å². The maximum atomic E-state index is 12.0. The van der Waals surface area contributed by atoms with Gasteiger partial charge in [-0.15, -0.1) is 0 Å². The maximum Gasteiger partial charge on any atom is 0.259 e. The number of para-hydroxylation sites is 1. The molecule has 0 bridgehead atoms. The van der Waals surface area contributed by atoms with Crippen LogP contribution in [0.25, 0.3) is 0 Å². The Morgan fingerprint density at radius 3 is 2.72 bits per heavy atom. The van der Waals surface area contributed by atoms with Gasteiger partial charge < -0.3 is 10.1 Å². The number of carbonyl (C=O) groups is 2. The number of hydrogen-bond donors (Lipinski definition) is 2. The zero-order valence-electron chi connectivity index (χ0n) is 13.3. The molecule has 130 valence electrons. The first-order chi connectivity index (χ1) is 12.0. The number of nitrogens with zero attached hydrogens (tertiary/aromatic N) is 1. The van der Waals surface area contributed by atoms with Gasteiger partial charge in [0.1, 0.15) is 5.75 Å². The van der Waals surface area contributed by atoms with Crippen LogP contribution < -0.4 is 15.5 Å². The molecule has 0 saturated heterocycles. The summed E-state index contributed by atoms with van der Waals surface area (Å²) in [5.41, 5.74) is 3.22. The highest BCUT2D eigenvalue weighted by atomic mass is 35.5. The van der Waals surface area contributed by atoms with Crippen molar-refractivity contribution in [3.63, 3.8) is 0 Å². The molecule has 0 unspecified atom stereocenters. The lowest BCUT2D eigenvalue weighted by molar-refractivity contribution is -0.120. The summed E-state index contributed by atoms with van der Waals surface area (Å²) < 4.78 is 5.17. The summed E-state index contributed by atoms with van der Waals surface area (Å²) in [7, 11) is 1.54. The third kappa shape index (κ3) is 5.48. The minimum absolute atomic E-state index is 0.194. The minimum Gasteiger partial charge on any atom is -0.496 e. The zero-order chi connectivity index (χ0) is 18.2. The van der Waals surface area contributed by atoms with Crippen molar-refractivity contribution in [1.82, 2.24) is 10.7 Å². The third-order valence-electron chi connectivity index (χ3n) is 3.11. The number of methoxy groups -OCH3 is 1. The molecule has 0 aliphatic rings. The predicted octanol–water partition coefficient (Wildman–Crippen LogP) is 2.88.